The van der Waals surface area contributed by atoms with E-state index in [9.17, 15) is 9.59 Å². The fraction of sp³-hybridized carbons (Fsp3) is 0.263. The van der Waals surface area contributed by atoms with E-state index in [0.29, 0.717) is 34.4 Å². The molecule has 0 unspecified atom stereocenters. The minimum Gasteiger partial charge on any atom is -0.350 e. The summed E-state index contributed by atoms with van der Waals surface area (Å²) in [5.74, 6) is -0.353. The Morgan fingerprint density at radius 2 is 1.76 bits per heavy atom. The van der Waals surface area contributed by atoms with Gasteiger partial charge in [-0.3, -0.25) is 9.59 Å². The molecule has 1 N–H and O–H groups in total. The SMILES string of the molecule is CC(=O)N(CCNC(=O)c1ccc(C)c(C)c1)c1cc(Cl)ccc1Cl. The van der Waals surface area contributed by atoms with Gasteiger partial charge >= 0.3 is 0 Å². The quantitative estimate of drug-likeness (QED) is 0.838. The van der Waals surface area contributed by atoms with Gasteiger partial charge in [-0.05, 0) is 55.3 Å². The van der Waals surface area contributed by atoms with Crippen molar-refractivity contribution in [3.63, 3.8) is 0 Å². The first-order valence-corrected chi connectivity index (χ1v) is 8.64. The molecule has 0 aliphatic heterocycles. The maximum atomic E-state index is 12.3. The number of aryl methyl sites for hydroxylation is 2. The third-order valence-corrected chi connectivity index (χ3v) is 4.52. The van der Waals surface area contributed by atoms with E-state index >= 15 is 0 Å². The van der Waals surface area contributed by atoms with Crippen LogP contribution in [0.4, 0.5) is 5.69 Å². The van der Waals surface area contributed by atoms with Crippen LogP contribution >= 0.6 is 23.2 Å². The van der Waals surface area contributed by atoms with E-state index < -0.39 is 0 Å². The molecule has 0 spiro atoms. The normalized spacial score (nSPS) is 10.4. The van der Waals surface area contributed by atoms with Crippen molar-refractivity contribution in [1.29, 1.82) is 0 Å². The molecule has 2 rings (SSSR count). The number of halogens is 2. The van der Waals surface area contributed by atoms with E-state index in [-0.39, 0.29) is 11.8 Å². The van der Waals surface area contributed by atoms with E-state index in [2.05, 4.69) is 5.32 Å². The summed E-state index contributed by atoms with van der Waals surface area (Å²) in [7, 11) is 0. The fourth-order valence-electron chi connectivity index (χ4n) is 2.41. The lowest BCUT2D eigenvalue weighted by atomic mass is 10.1. The molecule has 2 amide bonds. The molecule has 0 atom stereocenters. The third kappa shape index (κ3) is 4.97. The average molecular weight is 379 g/mol. The number of hydrogen-bond acceptors (Lipinski definition) is 2. The zero-order valence-electron chi connectivity index (χ0n) is 14.4. The van der Waals surface area contributed by atoms with Gasteiger partial charge in [0.05, 0.1) is 10.7 Å². The highest BCUT2D eigenvalue weighted by atomic mass is 35.5. The Bertz CT molecular complexity index is 806. The predicted octanol–water partition coefficient (Wildman–Crippen LogP) is 4.39. The Balaban J connectivity index is 2.04. The van der Waals surface area contributed by atoms with Gasteiger partial charge in [-0.1, -0.05) is 29.3 Å². The minimum absolute atomic E-state index is 0.176. The average Bonchev–Trinajstić information content (AvgIpc) is 2.56. The Morgan fingerprint density at radius 3 is 2.40 bits per heavy atom. The van der Waals surface area contributed by atoms with Gasteiger partial charge in [0.25, 0.3) is 5.91 Å². The molecule has 2 aromatic carbocycles. The van der Waals surface area contributed by atoms with Crippen molar-refractivity contribution in [1.82, 2.24) is 5.32 Å². The lowest BCUT2D eigenvalue weighted by molar-refractivity contribution is -0.116. The zero-order valence-corrected chi connectivity index (χ0v) is 15.9. The summed E-state index contributed by atoms with van der Waals surface area (Å²) in [6.07, 6.45) is 0. The molecule has 0 aromatic heterocycles. The Morgan fingerprint density at radius 1 is 1.04 bits per heavy atom. The van der Waals surface area contributed by atoms with Gasteiger partial charge < -0.3 is 10.2 Å². The second-order valence-corrected chi connectivity index (χ2v) is 6.66. The van der Waals surface area contributed by atoms with Crippen LogP contribution in [0.5, 0.6) is 0 Å². The lowest BCUT2D eigenvalue weighted by Crippen LogP contribution is -2.37. The van der Waals surface area contributed by atoms with Gasteiger partial charge in [0.1, 0.15) is 0 Å². The van der Waals surface area contributed by atoms with Crippen molar-refractivity contribution in [2.24, 2.45) is 0 Å². The lowest BCUT2D eigenvalue weighted by Gasteiger charge is -2.22. The molecule has 0 heterocycles. The zero-order chi connectivity index (χ0) is 18.6. The molecular formula is C19H20Cl2N2O2. The summed E-state index contributed by atoms with van der Waals surface area (Å²) in [6.45, 7) is 6.00. The highest BCUT2D eigenvalue weighted by molar-refractivity contribution is 6.35. The summed E-state index contributed by atoms with van der Waals surface area (Å²) in [6, 6.07) is 10.5. The minimum atomic E-state index is -0.177. The van der Waals surface area contributed by atoms with Gasteiger partial charge in [-0.2, -0.15) is 0 Å². The van der Waals surface area contributed by atoms with E-state index in [1.54, 1.807) is 24.3 Å². The molecule has 0 fully saturated rings. The van der Waals surface area contributed by atoms with Crippen LogP contribution in [-0.4, -0.2) is 24.9 Å². The molecule has 0 radical (unpaired) electrons. The summed E-state index contributed by atoms with van der Waals surface area (Å²) < 4.78 is 0. The molecule has 0 saturated carbocycles. The van der Waals surface area contributed by atoms with Crippen LogP contribution < -0.4 is 10.2 Å². The number of nitrogens with zero attached hydrogens (tertiary/aromatic N) is 1. The van der Waals surface area contributed by atoms with Gasteiger partial charge in [0.2, 0.25) is 5.91 Å². The summed E-state index contributed by atoms with van der Waals surface area (Å²) in [5.41, 5.74) is 3.32. The molecule has 0 saturated heterocycles. The third-order valence-electron chi connectivity index (χ3n) is 3.97. The number of hydrogen-bond donors (Lipinski definition) is 1. The predicted molar refractivity (Wildman–Crippen MR) is 103 cm³/mol. The fourth-order valence-corrected chi connectivity index (χ4v) is 2.79. The van der Waals surface area contributed by atoms with Crippen LogP contribution in [0.2, 0.25) is 10.0 Å². The maximum Gasteiger partial charge on any atom is 0.251 e. The number of benzene rings is 2. The van der Waals surface area contributed by atoms with Crippen LogP contribution in [-0.2, 0) is 4.79 Å². The molecule has 6 heteroatoms. The largest absolute Gasteiger partial charge is 0.350 e. The van der Waals surface area contributed by atoms with Crippen LogP contribution in [0.15, 0.2) is 36.4 Å². The molecule has 2 aromatic rings. The first-order chi connectivity index (χ1) is 11.8. The van der Waals surface area contributed by atoms with Crippen molar-refractivity contribution in [2.75, 3.05) is 18.0 Å². The Kier molecular flexibility index (Phi) is 6.45. The van der Waals surface area contributed by atoms with E-state index in [4.69, 9.17) is 23.2 Å². The number of rotatable bonds is 5. The molecule has 4 nitrogen and oxygen atoms in total. The highest BCUT2D eigenvalue weighted by Gasteiger charge is 2.16. The first-order valence-electron chi connectivity index (χ1n) is 7.88. The second kappa shape index (κ2) is 8.37. The summed E-state index contributed by atoms with van der Waals surface area (Å²) in [5, 5.41) is 3.75. The van der Waals surface area contributed by atoms with Crippen LogP contribution in [0.1, 0.15) is 28.4 Å². The first kappa shape index (κ1) is 19.3. The van der Waals surface area contributed by atoms with Crippen LogP contribution in [0.3, 0.4) is 0 Å². The highest BCUT2D eigenvalue weighted by Crippen LogP contribution is 2.29. The van der Waals surface area contributed by atoms with Crippen LogP contribution in [0, 0.1) is 13.8 Å². The number of amides is 2. The number of carbonyl (C=O) groups excluding carboxylic acids is 2. The van der Waals surface area contributed by atoms with Crippen molar-refractivity contribution in [3.8, 4) is 0 Å². The molecule has 25 heavy (non-hydrogen) atoms. The summed E-state index contributed by atoms with van der Waals surface area (Å²) in [4.78, 5) is 25.7. The molecule has 0 bridgehead atoms. The van der Waals surface area contributed by atoms with Gasteiger partial charge in [0, 0.05) is 30.6 Å². The number of anilines is 1. The van der Waals surface area contributed by atoms with Crippen molar-refractivity contribution >= 4 is 40.7 Å². The molecular weight excluding hydrogens is 359 g/mol. The van der Waals surface area contributed by atoms with E-state index in [0.717, 1.165) is 11.1 Å². The van der Waals surface area contributed by atoms with E-state index in [1.165, 1.54) is 11.8 Å². The van der Waals surface area contributed by atoms with Crippen LogP contribution in [0.25, 0.3) is 0 Å². The monoisotopic (exact) mass is 378 g/mol. The molecule has 132 valence electrons. The van der Waals surface area contributed by atoms with Gasteiger partial charge in [-0.15, -0.1) is 0 Å². The van der Waals surface area contributed by atoms with Gasteiger partial charge in [0.15, 0.2) is 0 Å². The van der Waals surface area contributed by atoms with Gasteiger partial charge in [-0.25, -0.2) is 0 Å². The Hall–Kier alpha value is -2.04. The Labute approximate surface area is 157 Å². The van der Waals surface area contributed by atoms with E-state index in [1.807, 2.05) is 26.0 Å². The second-order valence-electron chi connectivity index (χ2n) is 5.82. The van der Waals surface area contributed by atoms with Crippen molar-refractivity contribution < 1.29 is 9.59 Å². The smallest absolute Gasteiger partial charge is 0.251 e. The van der Waals surface area contributed by atoms with Crippen molar-refractivity contribution in [3.05, 3.63) is 63.1 Å². The standard InChI is InChI=1S/C19H20Cl2N2O2/c1-12-4-5-15(10-13(12)2)19(25)22-8-9-23(14(3)24)18-11-16(20)6-7-17(18)21/h4-7,10-11H,8-9H2,1-3H3,(H,22,25). The molecule has 0 aliphatic carbocycles. The number of carbonyl (C=O) groups is 2. The number of nitrogens with one attached hydrogen (secondary N) is 1. The molecule has 0 aliphatic rings. The summed E-state index contributed by atoms with van der Waals surface area (Å²) >= 11 is 12.2. The maximum absolute atomic E-state index is 12.3. The van der Waals surface area contributed by atoms with Crippen molar-refractivity contribution in [2.45, 2.75) is 20.8 Å². The topological polar surface area (TPSA) is 49.4 Å².